The van der Waals surface area contributed by atoms with Gasteiger partial charge in [0.1, 0.15) is 11.4 Å². The van der Waals surface area contributed by atoms with Gasteiger partial charge < -0.3 is 11.1 Å². The zero-order chi connectivity index (χ0) is 24.1. The molecule has 1 heterocycles. The molecule has 0 spiro atoms. The van der Waals surface area contributed by atoms with Crippen molar-refractivity contribution in [3.05, 3.63) is 62.3 Å². The van der Waals surface area contributed by atoms with E-state index in [0.29, 0.717) is 6.54 Å². The first kappa shape index (κ1) is 25.1. The molecule has 1 aromatic carbocycles. The number of hydrogen-bond donors (Lipinski definition) is 2. The summed E-state index contributed by atoms with van der Waals surface area (Å²) in [6, 6.07) is 9.19. The van der Waals surface area contributed by atoms with Crippen LogP contribution in [0.25, 0.3) is 0 Å². The number of anilines is 1. The molecule has 0 aliphatic rings. The number of benzene rings is 1. The molecule has 9 nitrogen and oxygen atoms in total. The van der Waals surface area contributed by atoms with Crippen molar-refractivity contribution in [2.75, 3.05) is 25.4 Å². The molecule has 0 fully saturated rings. The van der Waals surface area contributed by atoms with Gasteiger partial charge in [-0.3, -0.25) is 28.4 Å². The highest BCUT2D eigenvalue weighted by atomic mass is 16.2. The number of Topliss-reactive ketones (excluding diaryl/α,β-unsaturated/α-hetero) is 1. The van der Waals surface area contributed by atoms with Crippen LogP contribution in [0.2, 0.25) is 0 Å². The van der Waals surface area contributed by atoms with Crippen LogP contribution in [0.4, 0.5) is 5.82 Å². The van der Waals surface area contributed by atoms with Gasteiger partial charge in [0.15, 0.2) is 5.78 Å². The Labute approximate surface area is 187 Å². The fourth-order valence-electron chi connectivity index (χ4n) is 3.40. The largest absolute Gasteiger partial charge is 0.384 e. The summed E-state index contributed by atoms with van der Waals surface area (Å²) in [5.74, 6) is -0.907. The van der Waals surface area contributed by atoms with Crippen LogP contribution in [-0.4, -0.2) is 50.9 Å². The Hall–Kier alpha value is -3.20. The van der Waals surface area contributed by atoms with E-state index in [1.54, 1.807) is 11.8 Å². The molecule has 3 N–H and O–H groups in total. The minimum absolute atomic E-state index is 0.00500. The van der Waals surface area contributed by atoms with Gasteiger partial charge in [-0.15, -0.1) is 0 Å². The number of nitrogens with one attached hydrogen (secondary N) is 1. The Morgan fingerprint density at radius 2 is 1.66 bits per heavy atom. The molecule has 0 radical (unpaired) electrons. The average molecular weight is 444 g/mol. The molecule has 0 saturated heterocycles. The van der Waals surface area contributed by atoms with Crippen molar-refractivity contribution in [2.45, 2.75) is 53.2 Å². The molecule has 0 saturated carbocycles. The van der Waals surface area contributed by atoms with E-state index in [-0.39, 0.29) is 43.5 Å². The number of rotatable bonds is 9. The highest BCUT2D eigenvalue weighted by molar-refractivity contribution is 6.01. The van der Waals surface area contributed by atoms with Gasteiger partial charge >= 0.3 is 5.69 Å². The Morgan fingerprint density at radius 3 is 2.19 bits per heavy atom. The van der Waals surface area contributed by atoms with Gasteiger partial charge in [-0.2, -0.15) is 0 Å². The first-order chi connectivity index (χ1) is 15.0. The average Bonchev–Trinajstić information content (AvgIpc) is 2.70. The number of ketones is 1. The fourth-order valence-corrected chi connectivity index (χ4v) is 3.40. The Morgan fingerprint density at radius 1 is 1.03 bits per heavy atom. The van der Waals surface area contributed by atoms with Gasteiger partial charge in [0.2, 0.25) is 5.91 Å². The van der Waals surface area contributed by atoms with Gasteiger partial charge in [0.05, 0.1) is 19.6 Å². The molecule has 0 unspecified atom stereocenters. The number of nitrogens with two attached hydrogens (primary N) is 1. The topological polar surface area (TPSA) is 119 Å². The number of carbonyl (C=O) groups excluding carboxylic acids is 2. The number of nitrogen functional groups attached to an aromatic ring is 1. The summed E-state index contributed by atoms with van der Waals surface area (Å²) in [5.41, 5.74) is 5.11. The van der Waals surface area contributed by atoms with Crippen molar-refractivity contribution in [1.29, 1.82) is 0 Å². The standard InChI is InChI=1S/C23H33N5O4/c1-6-26(15-18(30)25-23(3,4)5)14-17(29)19-20(24)28(13-16-11-9-8-10-12-16)22(32)27(7-2)21(19)31/h8-12H,6-7,13-15,24H2,1-5H3,(H,25,30). The predicted octanol–water partition coefficient (Wildman–Crippen LogP) is 1.08. The summed E-state index contributed by atoms with van der Waals surface area (Å²) in [4.78, 5) is 52.8. The SMILES string of the molecule is CCN(CC(=O)NC(C)(C)C)CC(=O)c1c(N)n(Cc2ccccc2)c(=O)n(CC)c1=O. The molecule has 0 aliphatic heterocycles. The molecule has 0 aliphatic carbocycles. The third-order valence-electron chi connectivity index (χ3n) is 4.94. The molecule has 2 rings (SSSR count). The van der Waals surface area contributed by atoms with E-state index >= 15 is 0 Å². The van der Waals surface area contributed by atoms with Crippen LogP contribution in [0.3, 0.4) is 0 Å². The monoisotopic (exact) mass is 443 g/mol. The third-order valence-corrected chi connectivity index (χ3v) is 4.94. The van der Waals surface area contributed by atoms with Gasteiger partial charge in [-0.05, 0) is 39.8 Å². The Kier molecular flexibility index (Phi) is 8.15. The lowest BCUT2D eigenvalue weighted by Crippen LogP contribution is -2.48. The van der Waals surface area contributed by atoms with E-state index in [1.807, 2.05) is 58.0 Å². The van der Waals surface area contributed by atoms with Gasteiger partial charge in [-0.1, -0.05) is 37.3 Å². The van der Waals surface area contributed by atoms with Crippen LogP contribution in [-0.2, 0) is 17.9 Å². The van der Waals surface area contributed by atoms with E-state index in [2.05, 4.69) is 5.32 Å². The number of hydrogen-bond acceptors (Lipinski definition) is 6. The van der Waals surface area contributed by atoms with Crippen LogP contribution < -0.4 is 22.3 Å². The predicted molar refractivity (Wildman–Crippen MR) is 125 cm³/mol. The molecule has 0 atom stereocenters. The lowest BCUT2D eigenvalue weighted by atomic mass is 10.1. The second-order valence-electron chi connectivity index (χ2n) is 8.69. The fraction of sp³-hybridized carbons (Fsp3) is 0.478. The zero-order valence-electron chi connectivity index (χ0n) is 19.5. The van der Waals surface area contributed by atoms with Crippen molar-refractivity contribution in [3.8, 4) is 0 Å². The van der Waals surface area contributed by atoms with E-state index in [0.717, 1.165) is 10.1 Å². The minimum atomic E-state index is -0.709. The highest BCUT2D eigenvalue weighted by Crippen LogP contribution is 2.10. The maximum Gasteiger partial charge on any atom is 0.332 e. The summed E-state index contributed by atoms with van der Waals surface area (Å²) in [5, 5.41) is 2.85. The molecule has 174 valence electrons. The minimum Gasteiger partial charge on any atom is -0.384 e. The van der Waals surface area contributed by atoms with E-state index in [1.165, 1.54) is 4.57 Å². The number of amides is 1. The molecule has 1 aromatic heterocycles. The normalized spacial score (nSPS) is 11.6. The van der Waals surface area contributed by atoms with Gasteiger partial charge in [0.25, 0.3) is 5.56 Å². The maximum absolute atomic E-state index is 13.1. The second-order valence-corrected chi connectivity index (χ2v) is 8.69. The summed E-state index contributed by atoms with van der Waals surface area (Å²) in [6.07, 6.45) is 0. The zero-order valence-corrected chi connectivity index (χ0v) is 19.5. The second kappa shape index (κ2) is 10.4. The molecule has 32 heavy (non-hydrogen) atoms. The summed E-state index contributed by atoms with van der Waals surface area (Å²) in [7, 11) is 0. The van der Waals surface area contributed by atoms with Gasteiger partial charge in [0, 0.05) is 12.1 Å². The molecule has 9 heteroatoms. The Balaban J connectivity index is 2.39. The van der Waals surface area contributed by atoms with E-state index < -0.39 is 22.6 Å². The van der Waals surface area contributed by atoms with Gasteiger partial charge in [-0.25, -0.2) is 4.79 Å². The number of carbonyl (C=O) groups is 2. The van der Waals surface area contributed by atoms with Crippen LogP contribution in [0.5, 0.6) is 0 Å². The third kappa shape index (κ3) is 6.16. The maximum atomic E-state index is 13.1. The summed E-state index contributed by atoms with van der Waals surface area (Å²) in [6.45, 7) is 9.61. The number of nitrogens with zero attached hydrogens (tertiary/aromatic N) is 3. The number of likely N-dealkylation sites (N-methyl/N-ethyl adjacent to an activating group) is 1. The molecular formula is C23H33N5O4. The molecule has 0 bridgehead atoms. The van der Waals surface area contributed by atoms with Crippen molar-refractivity contribution in [2.24, 2.45) is 0 Å². The molecule has 1 amide bonds. The number of aromatic nitrogens is 2. The van der Waals surface area contributed by atoms with Crippen LogP contribution in [0, 0.1) is 0 Å². The first-order valence-corrected chi connectivity index (χ1v) is 10.7. The summed E-state index contributed by atoms with van der Waals surface area (Å²) >= 11 is 0. The van der Waals surface area contributed by atoms with E-state index in [4.69, 9.17) is 5.73 Å². The highest BCUT2D eigenvalue weighted by Gasteiger charge is 2.25. The molecule has 2 aromatic rings. The van der Waals surface area contributed by atoms with Crippen molar-refractivity contribution >= 4 is 17.5 Å². The quantitative estimate of drug-likeness (QED) is 0.560. The smallest absolute Gasteiger partial charge is 0.332 e. The van der Waals surface area contributed by atoms with Crippen LogP contribution >= 0.6 is 0 Å². The van der Waals surface area contributed by atoms with Crippen molar-refractivity contribution in [1.82, 2.24) is 19.4 Å². The lowest BCUT2D eigenvalue weighted by Gasteiger charge is -2.24. The Bertz CT molecular complexity index is 1080. The van der Waals surface area contributed by atoms with Crippen LogP contribution in [0.1, 0.15) is 50.5 Å². The first-order valence-electron chi connectivity index (χ1n) is 10.7. The summed E-state index contributed by atoms with van der Waals surface area (Å²) < 4.78 is 2.26. The lowest BCUT2D eigenvalue weighted by molar-refractivity contribution is -0.123. The van der Waals surface area contributed by atoms with E-state index in [9.17, 15) is 19.2 Å². The van der Waals surface area contributed by atoms with Crippen LogP contribution in [0.15, 0.2) is 39.9 Å². The molecular weight excluding hydrogens is 410 g/mol. The van der Waals surface area contributed by atoms with Crippen molar-refractivity contribution < 1.29 is 9.59 Å². The van der Waals surface area contributed by atoms with Crippen molar-refractivity contribution in [3.63, 3.8) is 0 Å².